The summed E-state index contributed by atoms with van der Waals surface area (Å²) in [6, 6.07) is 12.3. The van der Waals surface area contributed by atoms with E-state index in [9.17, 15) is 14.4 Å². The molecule has 2 aliphatic rings. The fourth-order valence-electron chi connectivity index (χ4n) is 4.68. The van der Waals surface area contributed by atoms with Crippen LogP contribution in [-0.4, -0.2) is 79.5 Å². The van der Waals surface area contributed by atoms with Gasteiger partial charge >= 0.3 is 0 Å². The van der Waals surface area contributed by atoms with Gasteiger partial charge in [-0.15, -0.1) is 11.3 Å². The molecule has 2 N–H and O–H groups in total. The molecule has 1 aliphatic heterocycles. The van der Waals surface area contributed by atoms with Crippen LogP contribution >= 0.6 is 11.3 Å². The largest absolute Gasteiger partial charge is 0.379 e. The molecule has 1 aromatic heterocycles. The van der Waals surface area contributed by atoms with Crippen LogP contribution in [0.2, 0.25) is 0 Å². The van der Waals surface area contributed by atoms with Crippen molar-refractivity contribution in [1.82, 2.24) is 20.4 Å². The number of amides is 3. The van der Waals surface area contributed by atoms with Gasteiger partial charge in [-0.05, 0) is 29.9 Å². The van der Waals surface area contributed by atoms with Gasteiger partial charge in [-0.25, -0.2) is 0 Å². The van der Waals surface area contributed by atoms with Crippen molar-refractivity contribution in [3.8, 4) is 0 Å². The second kappa shape index (κ2) is 12.8. The fraction of sp³-hybridized carbons (Fsp3) is 0.500. The van der Waals surface area contributed by atoms with Gasteiger partial charge in [0.1, 0.15) is 6.04 Å². The smallest absolute Gasteiger partial charge is 0.261 e. The molecule has 3 amide bonds. The molecular weight excluding hydrogens is 464 g/mol. The van der Waals surface area contributed by atoms with Gasteiger partial charge in [0, 0.05) is 32.2 Å². The third kappa shape index (κ3) is 7.13. The first-order chi connectivity index (χ1) is 17.1. The van der Waals surface area contributed by atoms with Crippen molar-refractivity contribution < 1.29 is 19.1 Å². The fourth-order valence-corrected chi connectivity index (χ4v) is 5.32. The Morgan fingerprint density at radius 1 is 1.06 bits per heavy atom. The highest BCUT2D eigenvalue weighted by Gasteiger charge is 2.33. The summed E-state index contributed by atoms with van der Waals surface area (Å²) in [6.07, 6.45) is 4.14. The van der Waals surface area contributed by atoms with E-state index in [0.717, 1.165) is 44.3 Å². The molecule has 0 unspecified atom stereocenters. The monoisotopic (exact) mass is 498 g/mol. The van der Waals surface area contributed by atoms with Crippen LogP contribution in [0.25, 0.3) is 0 Å². The first-order valence-electron chi connectivity index (χ1n) is 12.4. The average molecular weight is 499 g/mol. The Morgan fingerprint density at radius 3 is 2.49 bits per heavy atom. The summed E-state index contributed by atoms with van der Waals surface area (Å²) in [7, 11) is 0. The minimum atomic E-state index is -0.760. The molecule has 8 nitrogen and oxygen atoms in total. The third-order valence-electron chi connectivity index (χ3n) is 6.60. The maximum Gasteiger partial charge on any atom is 0.261 e. The van der Waals surface area contributed by atoms with Gasteiger partial charge in [0.2, 0.25) is 11.8 Å². The molecule has 1 aliphatic carbocycles. The summed E-state index contributed by atoms with van der Waals surface area (Å²) in [4.78, 5) is 44.0. The Morgan fingerprint density at radius 2 is 1.80 bits per heavy atom. The molecule has 35 heavy (non-hydrogen) atoms. The first kappa shape index (κ1) is 25.3. The lowest BCUT2D eigenvalue weighted by atomic mass is 10.0. The lowest BCUT2D eigenvalue weighted by molar-refractivity contribution is -0.140. The first-order valence-corrected chi connectivity index (χ1v) is 13.3. The Kier molecular flexibility index (Phi) is 9.28. The third-order valence-corrected chi connectivity index (χ3v) is 7.47. The number of morpholine rings is 1. The number of nitrogens with one attached hydrogen (secondary N) is 2. The minimum absolute atomic E-state index is 0.142. The molecule has 0 radical (unpaired) electrons. The molecule has 1 saturated heterocycles. The second-order valence-electron chi connectivity index (χ2n) is 9.00. The summed E-state index contributed by atoms with van der Waals surface area (Å²) >= 11 is 1.33. The van der Waals surface area contributed by atoms with E-state index < -0.39 is 6.04 Å². The van der Waals surface area contributed by atoms with Gasteiger partial charge in [0.05, 0.1) is 24.6 Å². The molecule has 1 aromatic carbocycles. The highest BCUT2D eigenvalue weighted by atomic mass is 32.1. The zero-order chi connectivity index (χ0) is 24.5. The summed E-state index contributed by atoms with van der Waals surface area (Å²) in [5.41, 5.74) is 0.767. The van der Waals surface area contributed by atoms with E-state index in [0.29, 0.717) is 31.2 Å². The lowest BCUT2D eigenvalue weighted by Crippen LogP contribution is -2.51. The van der Waals surface area contributed by atoms with Gasteiger partial charge in [0.25, 0.3) is 5.91 Å². The number of rotatable bonds is 10. The maximum atomic E-state index is 13.6. The number of hydrogen-bond acceptors (Lipinski definition) is 6. The number of hydrogen-bond donors (Lipinski definition) is 2. The van der Waals surface area contributed by atoms with E-state index in [4.69, 9.17) is 4.74 Å². The summed E-state index contributed by atoms with van der Waals surface area (Å²) in [5, 5.41) is 7.75. The predicted octanol–water partition coefficient (Wildman–Crippen LogP) is 2.44. The van der Waals surface area contributed by atoms with Crippen LogP contribution in [0.3, 0.4) is 0 Å². The molecular formula is C26H34N4O4S. The zero-order valence-corrected chi connectivity index (χ0v) is 20.8. The highest BCUT2D eigenvalue weighted by Crippen LogP contribution is 2.24. The van der Waals surface area contributed by atoms with Crippen LogP contribution in [-0.2, 0) is 14.3 Å². The SMILES string of the molecule is O=C(NCC(=O)N(CCN1CCOCC1)[C@@H](C(=O)NC1CCCC1)c1ccccc1)c1cccs1. The molecule has 0 spiro atoms. The van der Waals surface area contributed by atoms with E-state index in [1.807, 2.05) is 35.7 Å². The highest BCUT2D eigenvalue weighted by molar-refractivity contribution is 7.12. The molecule has 4 rings (SSSR count). The van der Waals surface area contributed by atoms with E-state index in [1.54, 1.807) is 17.0 Å². The molecule has 2 aromatic rings. The number of benzene rings is 1. The molecule has 1 atom stereocenters. The normalized spacial score (nSPS) is 17.6. The Hall–Kier alpha value is -2.75. The van der Waals surface area contributed by atoms with Crippen molar-refractivity contribution in [1.29, 1.82) is 0 Å². The van der Waals surface area contributed by atoms with Crippen LogP contribution in [0.15, 0.2) is 47.8 Å². The lowest BCUT2D eigenvalue weighted by Gasteiger charge is -2.35. The average Bonchev–Trinajstić information content (AvgIpc) is 3.61. The maximum absolute atomic E-state index is 13.6. The topological polar surface area (TPSA) is 91.0 Å². The van der Waals surface area contributed by atoms with Crippen molar-refractivity contribution in [2.75, 3.05) is 45.9 Å². The Labute approximate surface area is 210 Å². The summed E-state index contributed by atoms with van der Waals surface area (Å²) in [6.45, 7) is 3.76. The van der Waals surface area contributed by atoms with Crippen LogP contribution < -0.4 is 10.6 Å². The summed E-state index contributed by atoms with van der Waals surface area (Å²) in [5.74, 6) is -0.727. The van der Waals surface area contributed by atoms with E-state index in [1.165, 1.54) is 11.3 Å². The van der Waals surface area contributed by atoms with E-state index in [-0.39, 0.29) is 30.3 Å². The number of ether oxygens (including phenoxy) is 1. The predicted molar refractivity (Wildman–Crippen MR) is 135 cm³/mol. The van der Waals surface area contributed by atoms with Crippen LogP contribution in [0, 0.1) is 0 Å². The molecule has 9 heteroatoms. The van der Waals surface area contributed by atoms with Crippen molar-refractivity contribution in [2.24, 2.45) is 0 Å². The van der Waals surface area contributed by atoms with E-state index >= 15 is 0 Å². The second-order valence-corrected chi connectivity index (χ2v) is 9.95. The summed E-state index contributed by atoms with van der Waals surface area (Å²) < 4.78 is 5.45. The van der Waals surface area contributed by atoms with Crippen molar-refractivity contribution in [2.45, 2.75) is 37.8 Å². The van der Waals surface area contributed by atoms with Crippen LogP contribution in [0.5, 0.6) is 0 Å². The van der Waals surface area contributed by atoms with Gasteiger partial charge in [-0.3, -0.25) is 19.3 Å². The van der Waals surface area contributed by atoms with Crippen LogP contribution in [0.1, 0.15) is 47.0 Å². The number of thiophene rings is 1. The van der Waals surface area contributed by atoms with Gasteiger partial charge in [-0.2, -0.15) is 0 Å². The zero-order valence-electron chi connectivity index (χ0n) is 20.0. The number of nitrogens with zero attached hydrogens (tertiary/aromatic N) is 2. The van der Waals surface area contributed by atoms with Crippen molar-refractivity contribution in [3.05, 3.63) is 58.3 Å². The number of carbonyl (C=O) groups excluding carboxylic acids is 3. The molecule has 1 saturated carbocycles. The molecule has 188 valence electrons. The number of carbonyl (C=O) groups is 3. The Bertz CT molecular complexity index is 957. The quantitative estimate of drug-likeness (QED) is 0.525. The minimum Gasteiger partial charge on any atom is -0.379 e. The van der Waals surface area contributed by atoms with Gasteiger partial charge < -0.3 is 20.3 Å². The molecule has 2 fully saturated rings. The molecule has 0 bridgehead atoms. The van der Waals surface area contributed by atoms with Crippen LogP contribution in [0.4, 0.5) is 0 Å². The van der Waals surface area contributed by atoms with E-state index in [2.05, 4.69) is 15.5 Å². The van der Waals surface area contributed by atoms with Gasteiger partial charge in [-0.1, -0.05) is 49.2 Å². The van der Waals surface area contributed by atoms with Gasteiger partial charge in [0.15, 0.2) is 0 Å². The molecule has 2 heterocycles. The standard InChI is InChI=1S/C26H34N4O4S/c31-23(19-27-25(32)22-11-6-18-35-22)30(13-12-29-14-16-34-17-15-29)24(20-7-2-1-3-8-20)26(33)28-21-9-4-5-10-21/h1-3,6-8,11,18,21,24H,4-5,9-10,12-17,19H2,(H,27,32)(H,28,33)/t24-/m1/s1. The Balaban J connectivity index is 1.53. The van der Waals surface area contributed by atoms with Crippen molar-refractivity contribution >= 4 is 29.1 Å². The van der Waals surface area contributed by atoms with Crippen molar-refractivity contribution in [3.63, 3.8) is 0 Å².